The maximum Gasteiger partial charge on any atom is 0.255 e. The molecule has 12 nitrogen and oxygen atoms in total. The van der Waals surface area contributed by atoms with Gasteiger partial charge in [0.05, 0.1) is 22.2 Å². The number of ether oxygens (including phenoxy) is 1. The molecule has 15 heteroatoms. The first-order valence-electron chi connectivity index (χ1n) is 16.5. The van der Waals surface area contributed by atoms with E-state index in [0.717, 1.165) is 42.3 Å². The van der Waals surface area contributed by atoms with Gasteiger partial charge in [-0.15, -0.1) is 11.3 Å². The lowest BCUT2D eigenvalue weighted by molar-refractivity contribution is -0.136. The number of amides is 3. The summed E-state index contributed by atoms with van der Waals surface area (Å²) in [6.45, 7) is 3.80. The molecule has 1 unspecified atom stereocenters. The van der Waals surface area contributed by atoms with Gasteiger partial charge in [-0.3, -0.25) is 24.6 Å². The fourth-order valence-electron chi connectivity index (χ4n) is 6.97. The predicted molar refractivity (Wildman–Crippen MR) is 181 cm³/mol. The van der Waals surface area contributed by atoms with Gasteiger partial charge >= 0.3 is 0 Å². The van der Waals surface area contributed by atoms with E-state index < -0.39 is 23.2 Å². The summed E-state index contributed by atoms with van der Waals surface area (Å²) in [5.41, 5.74) is 2.52. The maximum absolute atomic E-state index is 15.2. The fourth-order valence-corrected chi connectivity index (χ4v) is 7.88. The number of aromatic nitrogens is 2. The summed E-state index contributed by atoms with van der Waals surface area (Å²) in [4.78, 5) is 49.8. The molecule has 3 N–H and O–H groups in total. The molecule has 6 heterocycles. The fraction of sp³-hybridized carbons (Fsp3) is 0.471. The van der Waals surface area contributed by atoms with E-state index >= 15 is 4.39 Å². The van der Waals surface area contributed by atoms with Crippen molar-refractivity contribution in [1.82, 2.24) is 25.1 Å². The largest absolute Gasteiger partial charge is 0.381 e. The van der Waals surface area contributed by atoms with Crippen LogP contribution in [0.5, 0.6) is 0 Å². The lowest BCUT2D eigenvalue weighted by atomic mass is 9.82. The summed E-state index contributed by atoms with van der Waals surface area (Å²) in [5, 5.41) is 22.1. The number of imide groups is 1. The number of benzene rings is 1. The molecule has 3 aromatic rings. The highest BCUT2D eigenvalue weighted by atomic mass is 35.5. The van der Waals surface area contributed by atoms with Gasteiger partial charge in [-0.2, -0.15) is 5.26 Å². The number of hydrogen-bond donors (Lipinski definition) is 3. The molecule has 49 heavy (non-hydrogen) atoms. The molecular formula is C34H36ClFN8O4S. The normalized spacial score (nSPS) is 21.3. The third kappa shape index (κ3) is 7.12. The topological polar surface area (TPSA) is 153 Å². The monoisotopic (exact) mass is 706 g/mol. The van der Waals surface area contributed by atoms with Gasteiger partial charge in [-0.05, 0) is 55.9 Å². The van der Waals surface area contributed by atoms with Crippen LogP contribution in [-0.4, -0.2) is 82.4 Å². The van der Waals surface area contributed by atoms with Crippen LogP contribution in [0.4, 0.5) is 15.3 Å². The highest BCUT2D eigenvalue weighted by Gasteiger charge is 2.40. The quantitative estimate of drug-likeness (QED) is 0.270. The average molecular weight is 707 g/mol. The van der Waals surface area contributed by atoms with E-state index in [4.69, 9.17) is 21.3 Å². The van der Waals surface area contributed by atoms with Gasteiger partial charge in [0.2, 0.25) is 11.8 Å². The highest BCUT2D eigenvalue weighted by molar-refractivity contribution is 7.14. The minimum atomic E-state index is -0.733. The third-order valence-corrected chi connectivity index (χ3v) is 11.0. The van der Waals surface area contributed by atoms with E-state index in [1.165, 1.54) is 22.3 Å². The highest BCUT2D eigenvalue weighted by Crippen LogP contribution is 2.35. The van der Waals surface area contributed by atoms with Crippen LogP contribution in [0.25, 0.3) is 11.3 Å². The summed E-state index contributed by atoms with van der Waals surface area (Å²) < 4.78 is 20.7. The van der Waals surface area contributed by atoms with Crippen molar-refractivity contribution >= 4 is 51.6 Å². The standard InChI is InChI=1S/C34H36ClFN8O4S/c35-25-14-38-29(13-24(25)27-17-49-33(41-27)39-19-34(18-37)5-9-48-10-6-34)40-22-3-7-43(8-4-22)15-21-11-20-16-44(32(47)23(20)12-26(21)36)28-1-2-30(45)42-31(28)46/h11-14,17,22,28H,1-10,15-16,19H2,(H,38,40)(H,39,41)(H,42,45,46). The van der Waals surface area contributed by atoms with E-state index in [2.05, 4.69) is 31.9 Å². The molecule has 0 bridgehead atoms. The van der Waals surface area contributed by atoms with Crippen LogP contribution in [0.2, 0.25) is 5.02 Å². The van der Waals surface area contributed by atoms with Crippen molar-refractivity contribution in [2.24, 2.45) is 5.41 Å². The number of nitrogens with zero attached hydrogens (tertiary/aromatic N) is 5. The Labute approximate surface area is 292 Å². The minimum Gasteiger partial charge on any atom is -0.381 e. The van der Waals surface area contributed by atoms with Crippen molar-refractivity contribution in [2.45, 2.75) is 63.7 Å². The molecule has 0 spiro atoms. The van der Waals surface area contributed by atoms with Gasteiger partial charge in [0.15, 0.2) is 5.13 Å². The van der Waals surface area contributed by atoms with Crippen LogP contribution < -0.4 is 16.0 Å². The number of carbonyl (C=O) groups is 3. The van der Waals surface area contributed by atoms with Gasteiger partial charge in [-0.1, -0.05) is 11.6 Å². The van der Waals surface area contributed by atoms with Gasteiger partial charge in [-0.25, -0.2) is 14.4 Å². The Morgan fingerprint density at radius 2 is 1.94 bits per heavy atom. The summed E-state index contributed by atoms with van der Waals surface area (Å²) in [6, 6.07) is 6.83. The molecule has 7 rings (SSSR count). The molecule has 1 atom stereocenters. The van der Waals surface area contributed by atoms with Crippen molar-refractivity contribution < 1.29 is 23.5 Å². The van der Waals surface area contributed by atoms with Crippen molar-refractivity contribution in [3.05, 3.63) is 57.3 Å². The zero-order valence-electron chi connectivity index (χ0n) is 26.8. The number of carbonyl (C=O) groups excluding carboxylic acids is 3. The molecule has 0 radical (unpaired) electrons. The summed E-state index contributed by atoms with van der Waals surface area (Å²) in [7, 11) is 0. The molecule has 3 fully saturated rings. The molecule has 4 aliphatic heterocycles. The summed E-state index contributed by atoms with van der Waals surface area (Å²) in [5.74, 6) is -0.958. The van der Waals surface area contributed by atoms with Crippen LogP contribution >= 0.6 is 22.9 Å². The number of anilines is 2. The van der Waals surface area contributed by atoms with Crippen LogP contribution in [0.3, 0.4) is 0 Å². The lowest BCUT2D eigenvalue weighted by Crippen LogP contribution is -2.52. The molecule has 4 aliphatic rings. The summed E-state index contributed by atoms with van der Waals surface area (Å²) >= 11 is 8.01. The predicted octanol–water partition coefficient (Wildman–Crippen LogP) is 4.57. The van der Waals surface area contributed by atoms with Crippen LogP contribution in [0, 0.1) is 22.6 Å². The Morgan fingerprint density at radius 3 is 2.69 bits per heavy atom. The Kier molecular flexibility index (Phi) is 9.52. The number of nitriles is 1. The first-order chi connectivity index (χ1) is 23.7. The maximum atomic E-state index is 15.2. The molecule has 256 valence electrons. The Bertz CT molecular complexity index is 1820. The van der Waals surface area contributed by atoms with Gasteiger partial charge in [0.25, 0.3) is 5.91 Å². The van der Waals surface area contributed by atoms with E-state index in [9.17, 15) is 19.6 Å². The van der Waals surface area contributed by atoms with E-state index in [1.807, 2.05) is 11.4 Å². The molecule has 3 amide bonds. The molecule has 0 saturated carbocycles. The Balaban J connectivity index is 0.934. The number of fused-ring (bicyclic) bond motifs is 1. The second kappa shape index (κ2) is 14.0. The molecule has 3 saturated heterocycles. The first-order valence-corrected chi connectivity index (χ1v) is 17.8. The number of hydrogen-bond acceptors (Lipinski definition) is 11. The number of rotatable bonds is 9. The third-order valence-electron chi connectivity index (χ3n) is 9.92. The number of piperidine rings is 2. The van der Waals surface area contributed by atoms with Gasteiger partial charge in [0, 0.05) is 86.7 Å². The van der Waals surface area contributed by atoms with Crippen LogP contribution in [0.1, 0.15) is 60.0 Å². The van der Waals surface area contributed by atoms with Gasteiger partial charge < -0.3 is 20.3 Å². The smallest absolute Gasteiger partial charge is 0.255 e. The SMILES string of the molecule is N#CC1(CNc2nc(-c3cc(NC4CCN(Cc5cc6c(cc5F)C(=O)N(C5CCC(=O)NC5=O)C6)CC4)ncc3Cl)cs2)CCOCC1. The van der Waals surface area contributed by atoms with Crippen molar-refractivity contribution in [2.75, 3.05) is 43.5 Å². The zero-order chi connectivity index (χ0) is 34.1. The van der Waals surface area contributed by atoms with Crippen LogP contribution in [-0.2, 0) is 27.4 Å². The minimum absolute atomic E-state index is 0.164. The van der Waals surface area contributed by atoms with Crippen LogP contribution in [0.15, 0.2) is 29.8 Å². The lowest BCUT2D eigenvalue weighted by Gasteiger charge is -2.32. The Morgan fingerprint density at radius 1 is 1.14 bits per heavy atom. The van der Waals surface area contributed by atoms with Crippen molar-refractivity contribution in [3.8, 4) is 17.3 Å². The number of likely N-dealkylation sites (tertiary alicyclic amines) is 1. The van der Waals surface area contributed by atoms with Crippen molar-refractivity contribution in [1.29, 1.82) is 5.26 Å². The molecule has 1 aromatic carbocycles. The summed E-state index contributed by atoms with van der Waals surface area (Å²) in [6.07, 6.45) is 5.09. The second-order valence-electron chi connectivity index (χ2n) is 13.1. The zero-order valence-corrected chi connectivity index (χ0v) is 28.3. The van der Waals surface area contributed by atoms with Gasteiger partial charge in [0.1, 0.15) is 17.7 Å². The van der Waals surface area contributed by atoms with E-state index in [1.54, 1.807) is 12.3 Å². The van der Waals surface area contributed by atoms with E-state index in [-0.39, 0.29) is 42.8 Å². The molecular weight excluding hydrogens is 671 g/mol. The second-order valence-corrected chi connectivity index (χ2v) is 14.4. The molecule has 0 aliphatic carbocycles. The number of nitrogens with one attached hydrogen (secondary N) is 3. The molecule has 2 aromatic heterocycles. The number of halogens is 2. The Hall–Kier alpha value is -4.16. The van der Waals surface area contributed by atoms with Crippen molar-refractivity contribution in [3.63, 3.8) is 0 Å². The number of pyridine rings is 1. The number of thiazole rings is 1. The first kappa shape index (κ1) is 33.3. The average Bonchev–Trinajstić information content (AvgIpc) is 3.70. The van der Waals surface area contributed by atoms with E-state index in [0.29, 0.717) is 61.1 Å².